The number of hydrogen-bond donors (Lipinski definition) is 0. The molecule has 3 rings (SSSR count). The second-order valence-corrected chi connectivity index (χ2v) is 6.45. The van der Waals surface area contributed by atoms with Gasteiger partial charge in [0, 0.05) is 15.1 Å². The molecular formula is C11H7IN2S2. The number of aryl methyl sites for hydroxylation is 1. The third kappa shape index (κ3) is 1.66. The molecule has 0 aliphatic rings. The van der Waals surface area contributed by atoms with Crippen LogP contribution in [-0.4, -0.2) is 9.97 Å². The van der Waals surface area contributed by atoms with E-state index < -0.39 is 0 Å². The first kappa shape index (κ1) is 10.6. The molecule has 0 radical (unpaired) electrons. The largest absolute Gasteiger partial charge is 0.242 e. The SMILES string of the molecule is Cc1ccc(I)c2nc(-c3nccs3)sc12. The van der Waals surface area contributed by atoms with Gasteiger partial charge in [-0.15, -0.1) is 22.7 Å². The molecule has 0 atom stereocenters. The molecule has 5 heteroatoms. The van der Waals surface area contributed by atoms with Crippen LogP contribution in [0.25, 0.3) is 20.2 Å². The Morgan fingerprint density at radius 3 is 2.81 bits per heavy atom. The molecule has 0 bridgehead atoms. The van der Waals surface area contributed by atoms with Crippen molar-refractivity contribution < 1.29 is 0 Å². The van der Waals surface area contributed by atoms with Gasteiger partial charge in [-0.05, 0) is 41.1 Å². The number of benzene rings is 1. The lowest BCUT2D eigenvalue weighted by Gasteiger charge is -1.94. The zero-order valence-electron chi connectivity index (χ0n) is 8.40. The van der Waals surface area contributed by atoms with Gasteiger partial charge in [0.25, 0.3) is 0 Å². The molecule has 0 amide bonds. The van der Waals surface area contributed by atoms with E-state index in [2.05, 4.69) is 51.6 Å². The summed E-state index contributed by atoms with van der Waals surface area (Å²) in [6, 6.07) is 4.26. The van der Waals surface area contributed by atoms with Crippen molar-refractivity contribution in [3.05, 3.63) is 32.8 Å². The second kappa shape index (κ2) is 4.05. The van der Waals surface area contributed by atoms with Crippen molar-refractivity contribution >= 4 is 55.5 Å². The van der Waals surface area contributed by atoms with E-state index in [1.54, 1.807) is 22.7 Å². The quantitative estimate of drug-likeness (QED) is 0.605. The van der Waals surface area contributed by atoms with Crippen molar-refractivity contribution in [2.75, 3.05) is 0 Å². The summed E-state index contributed by atoms with van der Waals surface area (Å²) >= 11 is 5.70. The molecule has 0 unspecified atom stereocenters. The van der Waals surface area contributed by atoms with E-state index in [9.17, 15) is 0 Å². The van der Waals surface area contributed by atoms with Gasteiger partial charge in [0.15, 0.2) is 10.0 Å². The fourth-order valence-corrected chi connectivity index (χ4v) is 4.02. The standard InChI is InChI=1S/C11H7IN2S2/c1-6-2-3-7(12)8-9(6)16-11(14-8)10-13-4-5-15-10/h2-5H,1H3. The lowest BCUT2D eigenvalue weighted by atomic mass is 10.2. The van der Waals surface area contributed by atoms with E-state index >= 15 is 0 Å². The van der Waals surface area contributed by atoms with E-state index in [-0.39, 0.29) is 0 Å². The highest BCUT2D eigenvalue weighted by Gasteiger charge is 2.11. The maximum Gasteiger partial charge on any atom is 0.153 e. The molecule has 2 aromatic heterocycles. The van der Waals surface area contributed by atoms with E-state index in [1.165, 1.54) is 13.8 Å². The van der Waals surface area contributed by atoms with Gasteiger partial charge in [0.1, 0.15) is 0 Å². The summed E-state index contributed by atoms with van der Waals surface area (Å²) in [6.07, 6.45) is 1.82. The lowest BCUT2D eigenvalue weighted by Crippen LogP contribution is -1.78. The zero-order valence-corrected chi connectivity index (χ0v) is 12.2. The number of rotatable bonds is 1. The highest BCUT2D eigenvalue weighted by Crippen LogP contribution is 2.34. The molecule has 3 aromatic rings. The van der Waals surface area contributed by atoms with Crippen molar-refractivity contribution in [1.82, 2.24) is 9.97 Å². The Balaban J connectivity index is 2.31. The molecule has 16 heavy (non-hydrogen) atoms. The molecule has 80 valence electrons. The van der Waals surface area contributed by atoms with Gasteiger partial charge in [-0.25, -0.2) is 9.97 Å². The highest BCUT2D eigenvalue weighted by atomic mass is 127. The van der Waals surface area contributed by atoms with Crippen LogP contribution in [0.3, 0.4) is 0 Å². The van der Waals surface area contributed by atoms with Crippen molar-refractivity contribution in [2.45, 2.75) is 6.92 Å². The van der Waals surface area contributed by atoms with Gasteiger partial charge in [-0.3, -0.25) is 0 Å². The topological polar surface area (TPSA) is 25.8 Å². The van der Waals surface area contributed by atoms with Crippen LogP contribution in [0.15, 0.2) is 23.7 Å². The van der Waals surface area contributed by atoms with Gasteiger partial charge in [-0.1, -0.05) is 6.07 Å². The van der Waals surface area contributed by atoms with Crippen LogP contribution in [0.5, 0.6) is 0 Å². The number of fused-ring (bicyclic) bond motifs is 1. The Bertz CT molecular complexity index is 604. The third-order valence-corrected chi connectivity index (χ3v) is 5.28. The molecule has 2 nitrogen and oxygen atoms in total. The Morgan fingerprint density at radius 2 is 2.12 bits per heavy atom. The Morgan fingerprint density at radius 1 is 1.25 bits per heavy atom. The van der Waals surface area contributed by atoms with E-state index in [0.29, 0.717) is 0 Å². The van der Waals surface area contributed by atoms with Crippen molar-refractivity contribution in [3.63, 3.8) is 0 Å². The van der Waals surface area contributed by atoms with Crippen LogP contribution in [0, 0.1) is 10.5 Å². The summed E-state index contributed by atoms with van der Waals surface area (Å²) in [5.41, 5.74) is 2.39. The second-order valence-electron chi connectivity index (χ2n) is 3.40. The molecule has 0 spiro atoms. The Labute approximate surface area is 115 Å². The van der Waals surface area contributed by atoms with Crippen LogP contribution in [-0.2, 0) is 0 Å². The Hall–Kier alpha value is -0.530. The molecule has 0 aliphatic heterocycles. The zero-order chi connectivity index (χ0) is 11.1. The molecular weight excluding hydrogens is 351 g/mol. The minimum Gasteiger partial charge on any atom is -0.242 e. The van der Waals surface area contributed by atoms with Crippen LogP contribution in [0.1, 0.15) is 5.56 Å². The maximum absolute atomic E-state index is 4.67. The third-order valence-electron chi connectivity index (χ3n) is 2.31. The molecule has 1 aromatic carbocycles. The Kier molecular flexibility index (Phi) is 2.68. The van der Waals surface area contributed by atoms with Gasteiger partial charge in [0.05, 0.1) is 10.2 Å². The maximum atomic E-state index is 4.67. The van der Waals surface area contributed by atoms with Gasteiger partial charge in [-0.2, -0.15) is 0 Å². The average Bonchev–Trinajstić information content (AvgIpc) is 2.90. The molecule has 0 saturated carbocycles. The number of thiazole rings is 2. The number of aromatic nitrogens is 2. The summed E-state index contributed by atoms with van der Waals surface area (Å²) < 4.78 is 2.48. The molecule has 0 N–H and O–H groups in total. The smallest absolute Gasteiger partial charge is 0.153 e. The van der Waals surface area contributed by atoms with E-state index in [0.717, 1.165) is 15.5 Å². The minimum atomic E-state index is 1.01. The minimum absolute atomic E-state index is 1.01. The molecule has 0 aliphatic carbocycles. The summed E-state index contributed by atoms with van der Waals surface area (Å²) in [5.74, 6) is 0. The van der Waals surface area contributed by atoms with Gasteiger partial charge < -0.3 is 0 Å². The van der Waals surface area contributed by atoms with Crippen LogP contribution in [0.2, 0.25) is 0 Å². The van der Waals surface area contributed by atoms with Crippen LogP contribution >= 0.6 is 45.3 Å². The van der Waals surface area contributed by atoms with E-state index in [1.807, 2.05) is 11.6 Å². The predicted molar refractivity (Wildman–Crippen MR) is 78.2 cm³/mol. The molecule has 0 fully saturated rings. The van der Waals surface area contributed by atoms with Gasteiger partial charge >= 0.3 is 0 Å². The molecule has 0 saturated heterocycles. The normalized spacial score (nSPS) is 11.1. The number of hydrogen-bond acceptors (Lipinski definition) is 4. The number of nitrogens with zero attached hydrogens (tertiary/aromatic N) is 2. The van der Waals surface area contributed by atoms with E-state index in [4.69, 9.17) is 0 Å². The first-order valence-electron chi connectivity index (χ1n) is 4.71. The summed E-state index contributed by atoms with van der Waals surface area (Å²) in [6.45, 7) is 2.13. The van der Waals surface area contributed by atoms with Gasteiger partial charge in [0.2, 0.25) is 0 Å². The first-order chi connectivity index (χ1) is 7.75. The van der Waals surface area contributed by atoms with Crippen LogP contribution < -0.4 is 0 Å². The summed E-state index contributed by atoms with van der Waals surface area (Å²) in [7, 11) is 0. The molecule has 2 heterocycles. The summed E-state index contributed by atoms with van der Waals surface area (Å²) in [5, 5.41) is 4.02. The highest BCUT2D eigenvalue weighted by molar-refractivity contribution is 14.1. The predicted octanol–water partition coefficient (Wildman–Crippen LogP) is 4.33. The lowest BCUT2D eigenvalue weighted by molar-refractivity contribution is 1.38. The van der Waals surface area contributed by atoms with Crippen molar-refractivity contribution in [1.29, 1.82) is 0 Å². The fraction of sp³-hybridized carbons (Fsp3) is 0.0909. The van der Waals surface area contributed by atoms with Crippen molar-refractivity contribution in [3.8, 4) is 10.0 Å². The fourth-order valence-electron chi connectivity index (χ4n) is 1.52. The van der Waals surface area contributed by atoms with Crippen LogP contribution in [0.4, 0.5) is 0 Å². The number of halogens is 1. The average molecular weight is 358 g/mol. The first-order valence-corrected chi connectivity index (χ1v) is 7.48. The summed E-state index contributed by atoms with van der Waals surface area (Å²) in [4.78, 5) is 8.98. The monoisotopic (exact) mass is 358 g/mol. The van der Waals surface area contributed by atoms with Crippen molar-refractivity contribution in [2.24, 2.45) is 0 Å².